The van der Waals surface area contributed by atoms with E-state index in [1.165, 1.54) is 11.1 Å². The molecule has 0 saturated heterocycles. The molecule has 2 rings (SSSR count). The van der Waals surface area contributed by atoms with E-state index in [9.17, 15) is 0 Å². The maximum atomic E-state index is 3.72. The molecule has 0 aromatic heterocycles. The van der Waals surface area contributed by atoms with E-state index >= 15 is 0 Å². The van der Waals surface area contributed by atoms with E-state index in [2.05, 4.69) is 86.1 Å². The third-order valence-electron chi connectivity index (χ3n) is 3.55. The van der Waals surface area contributed by atoms with Gasteiger partial charge in [-0.2, -0.15) is 11.8 Å². The highest BCUT2D eigenvalue weighted by molar-refractivity contribution is 7.99. The Morgan fingerprint density at radius 1 is 0.900 bits per heavy atom. The highest BCUT2D eigenvalue weighted by Crippen LogP contribution is 2.25. The summed E-state index contributed by atoms with van der Waals surface area (Å²) in [4.78, 5) is 0. The molecule has 0 unspecified atom stereocenters. The number of hydrogen-bond acceptors (Lipinski definition) is 2. The second-order valence-corrected chi connectivity index (χ2v) is 7.11. The molecule has 0 amide bonds. The Labute approximate surface area is 126 Å². The summed E-state index contributed by atoms with van der Waals surface area (Å²) in [5.41, 5.74) is 2.63. The van der Waals surface area contributed by atoms with Gasteiger partial charge in [0.1, 0.15) is 0 Å². The first kappa shape index (κ1) is 15.1. The van der Waals surface area contributed by atoms with Crippen molar-refractivity contribution in [1.82, 2.24) is 5.32 Å². The molecule has 0 spiro atoms. The zero-order valence-corrected chi connectivity index (χ0v) is 13.3. The fourth-order valence-electron chi connectivity index (χ4n) is 2.14. The summed E-state index contributed by atoms with van der Waals surface area (Å²) in [7, 11) is 0. The van der Waals surface area contributed by atoms with Crippen LogP contribution >= 0.6 is 11.8 Å². The van der Waals surface area contributed by atoms with Crippen LogP contribution in [-0.2, 0) is 0 Å². The normalized spacial score (nSPS) is 11.8. The van der Waals surface area contributed by atoms with Crippen molar-refractivity contribution in [2.75, 3.05) is 12.8 Å². The maximum absolute atomic E-state index is 3.72. The zero-order chi connectivity index (χ0) is 14.4. The Morgan fingerprint density at radius 2 is 1.35 bits per heavy atom. The van der Waals surface area contributed by atoms with Crippen molar-refractivity contribution < 1.29 is 0 Å². The summed E-state index contributed by atoms with van der Waals surface area (Å²) in [6.07, 6.45) is 2.17. The molecule has 2 heteroatoms. The molecule has 0 radical (unpaired) electrons. The van der Waals surface area contributed by atoms with Crippen molar-refractivity contribution >= 4 is 11.8 Å². The topological polar surface area (TPSA) is 12.0 Å². The van der Waals surface area contributed by atoms with E-state index in [4.69, 9.17) is 0 Å². The minimum atomic E-state index is 0.238. The van der Waals surface area contributed by atoms with Gasteiger partial charge in [-0.3, -0.25) is 0 Å². The molecule has 0 aliphatic rings. The van der Waals surface area contributed by atoms with Gasteiger partial charge in [-0.15, -0.1) is 0 Å². The van der Waals surface area contributed by atoms with Crippen LogP contribution in [0.2, 0.25) is 0 Å². The maximum Gasteiger partial charge on any atom is 0.0577 e. The third kappa shape index (κ3) is 4.12. The van der Waals surface area contributed by atoms with Gasteiger partial charge in [-0.1, -0.05) is 60.7 Å². The van der Waals surface area contributed by atoms with Crippen molar-refractivity contribution in [3.8, 4) is 0 Å². The fourth-order valence-corrected chi connectivity index (χ4v) is 2.37. The molecule has 0 fully saturated rings. The molecule has 2 aromatic rings. The summed E-state index contributed by atoms with van der Waals surface area (Å²) >= 11 is 1.90. The fraction of sp³-hybridized carbons (Fsp3) is 0.333. The molecule has 0 bridgehead atoms. The molecular weight excluding hydrogens is 262 g/mol. The predicted octanol–water partition coefficient (Wildman–Crippen LogP) is 4.51. The molecule has 2 aromatic carbocycles. The molecular formula is C18H23NS. The lowest BCUT2D eigenvalue weighted by atomic mass is 9.98. The molecule has 20 heavy (non-hydrogen) atoms. The molecule has 0 saturated carbocycles. The number of rotatable bonds is 6. The van der Waals surface area contributed by atoms with Crippen LogP contribution in [0.1, 0.15) is 31.0 Å². The lowest BCUT2D eigenvalue weighted by Crippen LogP contribution is -2.35. The van der Waals surface area contributed by atoms with Gasteiger partial charge >= 0.3 is 0 Å². The molecule has 0 atom stereocenters. The summed E-state index contributed by atoms with van der Waals surface area (Å²) in [5.74, 6) is 0. The Hall–Kier alpha value is -1.25. The summed E-state index contributed by atoms with van der Waals surface area (Å²) in [6.45, 7) is 5.53. The predicted molar refractivity (Wildman–Crippen MR) is 90.3 cm³/mol. The van der Waals surface area contributed by atoms with Crippen LogP contribution in [-0.4, -0.2) is 17.5 Å². The molecule has 1 nitrogen and oxygen atoms in total. The van der Waals surface area contributed by atoms with Crippen LogP contribution in [0.15, 0.2) is 60.7 Å². The van der Waals surface area contributed by atoms with E-state index < -0.39 is 0 Å². The molecule has 0 aliphatic carbocycles. The number of thioether (sulfide) groups is 1. The van der Waals surface area contributed by atoms with E-state index in [1.54, 1.807) is 0 Å². The minimum absolute atomic E-state index is 0.238. The lowest BCUT2D eigenvalue weighted by Gasteiger charge is -2.27. The summed E-state index contributed by atoms with van der Waals surface area (Å²) in [5, 5.41) is 3.72. The van der Waals surface area contributed by atoms with Gasteiger partial charge in [0.25, 0.3) is 0 Å². The Bertz CT molecular complexity index is 468. The average molecular weight is 285 g/mol. The summed E-state index contributed by atoms with van der Waals surface area (Å²) < 4.78 is 0.238. The van der Waals surface area contributed by atoms with Crippen LogP contribution in [0, 0.1) is 0 Å². The highest BCUT2D eigenvalue weighted by Gasteiger charge is 2.20. The van der Waals surface area contributed by atoms with Crippen molar-refractivity contribution in [3.63, 3.8) is 0 Å². The van der Waals surface area contributed by atoms with Gasteiger partial charge < -0.3 is 5.32 Å². The number of hydrogen-bond donors (Lipinski definition) is 1. The SMILES string of the molecule is CSC(C)(C)CNC(c1ccccc1)c1ccccc1. The van der Waals surface area contributed by atoms with Crippen molar-refractivity contribution in [2.45, 2.75) is 24.6 Å². The Balaban J connectivity index is 2.22. The first-order valence-electron chi connectivity index (χ1n) is 7.01. The first-order chi connectivity index (χ1) is 9.62. The number of nitrogens with one attached hydrogen (secondary N) is 1. The monoisotopic (exact) mass is 285 g/mol. The van der Waals surface area contributed by atoms with Crippen LogP contribution < -0.4 is 5.32 Å². The van der Waals surface area contributed by atoms with E-state index in [-0.39, 0.29) is 10.8 Å². The van der Waals surface area contributed by atoms with Crippen molar-refractivity contribution in [2.24, 2.45) is 0 Å². The lowest BCUT2D eigenvalue weighted by molar-refractivity contribution is 0.542. The molecule has 1 N–H and O–H groups in total. The van der Waals surface area contributed by atoms with E-state index in [0.717, 1.165) is 6.54 Å². The van der Waals surface area contributed by atoms with Crippen LogP contribution in [0.3, 0.4) is 0 Å². The quantitative estimate of drug-likeness (QED) is 0.838. The van der Waals surface area contributed by atoms with E-state index in [0.29, 0.717) is 0 Å². The standard InChI is InChI=1S/C18H23NS/c1-18(2,20-3)14-19-17(15-10-6-4-7-11-15)16-12-8-5-9-13-16/h4-13,17,19H,14H2,1-3H3. The minimum Gasteiger partial charge on any atom is -0.305 e. The van der Waals surface area contributed by atoms with Crippen LogP contribution in [0.25, 0.3) is 0 Å². The smallest absolute Gasteiger partial charge is 0.0577 e. The second kappa shape index (κ2) is 6.96. The van der Waals surface area contributed by atoms with Gasteiger partial charge in [0.05, 0.1) is 6.04 Å². The van der Waals surface area contributed by atoms with Gasteiger partial charge in [0.15, 0.2) is 0 Å². The second-order valence-electron chi connectivity index (χ2n) is 5.60. The Kier molecular flexibility index (Phi) is 5.27. The highest BCUT2D eigenvalue weighted by atomic mass is 32.2. The van der Waals surface area contributed by atoms with Crippen molar-refractivity contribution in [1.29, 1.82) is 0 Å². The number of benzene rings is 2. The largest absolute Gasteiger partial charge is 0.305 e. The van der Waals surface area contributed by atoms with Gasteiger partial charge in [0, 0.05) is 11.3 Å². The molecule has 0 aliphatic heterocycles. The summed E-state index contributed by atoms with van der Waals surface area (Å²) in [6, 6.07) is 21.6. The van der Waals surface area contributed by atoms with Crippen molar-refractivity contribution in [3.05, 3.63) is 71.8 Å². The molecule has 0 heterocycles. The van der Waals surface area contributed by atoms with Gasteiger partial charge in [-0.05, 0) is 31.2 Å². The van der Waals surface area contributed by atoms with Crippen LogP contribution in [0.5, 0.6) is 0 Å². The third-order valence-corrected chi connectivity index (χ3v) is 4.80. The average Bonchev–Trinajstić information content (AvgIpc) is 2.49. The Morgan fingerprint density at radius 3 is 1.75 bits per heavy atom. The van der Waals surface area contributed by atoms with Gasteiger partial charge in [-0.25, -0.2) is 0 Å². The van der Waals surface area contributed by atoms with Gasteiger partial charge in [0.2, 0.25) is 0 Å². The first-order valence-corrected chi connectivity index (χ1v) is 8.23. The zero-order valence-electron chi connectivity index (χ0n) is 12.5. The molecule has 106 valence electrons. The van der Waals surface area contributed by atoms with Crippen LogP contribution in [0.4, 0.5) is 0 Å². The van der Waals surface area contributed by atoms with E-state index in [1.807, 2.05) is 11.8 Å².